The maximum Gasteiger partial charge on any atom is 0.224 e. The van der Waals surface area contributed by atoms with Crippen LogP contribution in [-0.2, 0) is 4.79 Å². The van der Waals surface area contributed by atoms with Crippen molar-refractivity contribution in [1.82, 2.24) is 5.32 Å². The molecule has 0 bridgehead atoms. The van der Waals surface area contributed by atoms with Crippen molar-refractivity contribution < 1.29 is 4.79 Å². The van der Waals surface area contributed by atoms with Crippen molar-refractivity contribution in [1.29, 1.82) is 0 Å². The minimum Gasteiger partial charge on any atom is -0.333 e. The van der Waals surface area contributed by atoms with Gasteiger partial charge in [0, 0.05) is 12.6 Å². The van der Waals surface area contributed by atoms with E-state index in [0.29, 0.717) is 6.42 Å². The highest BCUT2D eigenvalue weighted by Gasteiger charge is 2.25. The van der Waals surface area contributed by atoms with E-state index in [0.717, 1.165) is 12.8 Å². The lowest BCUT2D eigenvalue weighted by molar-refractivity contribution is -0.121. The van der Waals surface area contributed by atoms with E-state index in [1.165, 1.54) is 18.4 Å². The van der Waals surface area contributed by atoms with Crippen molar-refractivity contribution in [2.24, 2.45) is 5.41 Å². The summed E-state index contributed by atoms with van der Waals surface area (Å²) in [5, 5.41) is 2.86. The average molecular weight is 195 g/mol. The van der Waals surface area contributed by atoms with Crippen molar-refractivity contribution in [2.45, 2.75) is 52.9 Å². The molecule has 0 aromatic heterocycles. The first-order chi connectivity index (χ1) is 6.53. The highest BCUT2D eigenvalue weighted by atomic mass is 16.1. The number of nitrogens with one attached hydrogen (secondary N) is 1. The Morgan fingerprint density at radius 1 is 1.43 bits per heavy atom. The van der Waals surface area contributed by atoms with E-state index < -0.39 is 0 Å². The molecule has 2 nitrogen and oxygen atoms in total. The molecule has 0 unspecified atom stereocenters. The van der Waals surface area contributed by atoms with Crippen LogP contribution in [0.15, 0.2) is 11.8 Å². The predicted molar refractivity (Wildman–Crippen MR) is 58.8 cm³/mol. The summed E-state index contributed by atoms with van der Waals surface area (Å²) in [6.45, 7) is 6.52. The van der Waals surface area contributed by atoms with Gasteiger partial charge >= 0.3 is 0 Å². The van der Waals surface area contributed by atoms with Gasteiger partial charge in [-0.1, -0.05) is 32.8 Å². The van der Waals surface area contributed by atoms with Gasteiger partial charge in [-0.2, -0.15) is 0 Å². The Labute approximate surface area is 86.8 Å². The Bertz CT molecular complexity index is 241. The third-order valence-corrected chi connectivity index (χ3v) is 2.63. The minimum atomic E-state index is 0.125. The predicted octanol–water partition coefficient (Wildman–Crippen LogP) is 3.00. The summed E-state index contributed by atoms with van der Waals surface area (Å²) in [5.74, 6) is 0.154. The largest absolute Gasteiger partial charge is 0.333 e. The first kappa shape index (κ1) is 11.3. The van der Waals surface area contributed by atoms with Crippen molar-refractivity contribution in [3.63, 3.8) is 0 Å². The van der Waals surface area contributed by atoms with E-state index in [1.807, 2.05) is 6.20 Å². The van der Waals surface area contributed by atoms with Crippen LogP contribution >= 0.6 is 0 Å². The number of allylic oxidation sites excluding steroid dienone is 1. The summed E-state index contributed by atoms with van der Waals surface area (Å²) in [4.78, 5) is 11.4. The number of amides is 1. The first-order valence-electron chi connectivity index (χ1n) is 5.51. The van der Waals surface area contributed by atoms with E-state index in [4.69, 9.17) is 0 Å². The van der Waals surface area contributed by atoms with Crippen LogP contribution in [0.25, 0.3) is 0 Å². The van der Waals surface area contributed by atoms with Gasteiger partial charge in [0.1, 0.15) is 0 Å². The normalized spacial score (nSPS) is 21.1. The zero-order valence-electron chi connectivity index (χ0n) is 9.52. The van der Waals surface area contributed by atoms with E-state index in [2.05, 4.69) is 26.1 Å². The van der Waals surface area contributed by atoms with Crippen LogP contribution in [0.3, 0.4) is 0 Å². The number of hydrogen-bond acceptors (Lipinski definition) is 1. The van der Waals surface area contributed by atoms with Crippen molar-refractivity contribution >= 4 is 5.91 Å². The molecule has 0 saturated carbocycles. The lowest BCUT2D eigenvalue weighted by Gasteiger charge is -2.22. The van der Waals surface area contributed by atoms with Gasteiger partial charge in [0.05, 0.1) is 0 Å². The maximum absolute atomic E-state index is 11.4. The monoisotopic (exact) mass is 195 g/mol. The fourth-order valence-corrected chi connectivity index (χ4v) is 1.96. The molecule has 1 rings (SSSR count). The molecule has 14 heavy (non-hydrogen) atoms. The topological polar surface area (TPSA) is 29.1 Å². The molecule has 1 heterocycles. The van der Waals surface area contributed by atoms with Gasteiger partial charge < -0.3 is 5.32 Å². The second-order valence-electron chi connectivity index (χ2n) is 4.99. The first-order valence-corrected chi connectivity index (χ1v) is 5.51. The van der Waals surface area contributed by atoms with E-state index >= 15 is 0 Å². The zero-order chi connectivity index (χ0) is 10.6. The van der Waals surface area contributed by atoms with E-state index in [1.54, 1.807) is 0 Å². The fourth-order valence-electron chi connectivity index (χ4n) is 1.96. The van der Waals surface area contributed by atoms with Crippen LogP contribution < -0.4 is 5.32 Å². The lowest BCUT2D eigenvalue weighted by atomic mass is 9.82. The molecule has 0 fully saturated rings. The molecule has 2 heteroatoms. The third-order valence-electron chi connectivity index (χ3n) is 2.63. The smallest absolute Gasteiger partial charge is 0.224 e. The summed E-state index contributed by atoms with van der Waals surface area (Å²) in [6, 6.07) is 0. The van der Waals surface area contributed by atoms with Crippen LogP contribution in [0.1, 0.15) is 52.9 Å². The molecule has 1 amide bonds. The molecule has 80 valence electrons. The Kier molecular flexibility index (Phi) is 3.73. The van der Waals surface area contributed by atoms with Crippen LogP contribution in [0.2, 0.25) is 0 Å². The Hall–Kier alpha value is -0.790. The van der Waals surface area contributed by atoms with E-state index in [-0.39, 0.29) is 11.3 Å². The van der Waals surface area contributed by atoms with Gasteiger partial charge in [0.15, 0.2) is 0 Å². The zero-order valence-corrected chi connectivity index (χ0v) is 9.52. The minimum absolute atomic E-state index is 0.125. The maximum atomic E-state index is 11.4. The standard InChI is InChI=1S/C12H21NO/c1-4-5-6-10-7-12(2,3)8-11(14)13-9-10/h9H,4-8H2,1-3H3,(H,13,14). The molecule has 1 aliphatic rings. The summed E-state index contributed by atoms with van der Waals surface area (Å²) in [6.07, 6.45) is 7.17. The van der Waals surface area contributed by atoms with Crippen LogP contribution in [0.5, 0.6) is 0 Å². The van der Waals surface area contributed by atoms with Gasteiger partial charge in [-0.05, 0) is 24.7 Å². The molecule has 0 atom stereocenters. The Balaban J connectivity index is 2.61. The summed E-state index contributed by atoms with van der Waals surface area (Å²) < 4.78 is 0. The fraction of sp³-hybridized carbons (Fsp3) is 0.750. The second-order valence-corrected chi connectivity index (χ2v) is 4.99. The van der Waals surface area contributed by atoms with Crippen LogP contribution in [0.4, 0.5) is 0 Å². The van der Waals surface area contributed by atoms with Crippen LogP contribution in [-0.4, -0.2) is 5.91 Å². The van der Waals surface area contributed by atoms with Crippen molar-refractivity contribution in [2.75, 3.05) is 0 Å². The van der Waals surface area contributed by atoms with Gasteiger partial charge in [-0.25, -0.2) is 0 Å². The van der Waals surface area contributed by atoms with Gasteiger partial charge in [0.25, 0.3) is 0 Å². The van der Waals surface area contributed by atoms with Crippen molar-refractivity contribution in [3.05, 3.63) is 11.8 Å². The number of rotatable bonds is 3. The molecule has 1 N–H and O–H groups in total. The number of carbonyl (C=O) groups is 1. The molecule has 1 aliphatic heterocycles. The number of unbranched alkanes of at least 4 members (excludes halogenated alkanes) is 1. The SMILES string of the molecule is CCCCC1=CNC(=O)CC(C)(C)C1. The molecular weight excluding hydrogens is 174 g/mol. The molecule has 0 saturated heterocycles. The second kappa shape index (κ2) is 4.63. The molecule has 0 radical (unpaired) electrons. The third kappa shape index (κ3) is 3.52. The Morgan fingerprint density at radius 2 is 2.14 bits per heavy atom. The summed E-state index contributed by atoms with van der Waals surface area (Å²) in [7, 11) is 0. The van der Waals surface area contributed by atoms with Gasteiger partial charge in [0.2, 0.25) is 5.91 Å². The number of carbonyl (C=O) groups excluding carboxylic acids is 1. The lowest BCUT2D eigenvalue weighted by Crippen LogP contribution is -2.21. The van der Waals surface area contributed by atoms with Crippen LogP contribution in [0, 0.1) is 5.41 Å². The quantitative estimate of drug-likeness (QED) is 0.737. The molecule has 0 aromatic rings. The highest BCUT2D eigenvalue weighted by Crippen LogP contribution is 2.32. The van der Waals surface area contributed by atoms with Gasteiger partial charge in [-0.15, -0.1) is 0 Å². The van der Waals surface area contributed by atoms with E-state index in [9.17, 15) is 4.79 Å². The molecule has 0 aromatic carbocycles. The van der Waals surface area contributed by atoms with Gasteiger partial charge in [-0.3, -0.25) is 4.79 Å². The molecular formula is C12H21NO. The Morgan fingerprint density at radius 3 is 2.79 bits per heavy atom. The summed E-state index contributed by atoms with van der Waals surface area (Å²) in [5.41, 5.74) is 1.52. The summed E-state index contributed by atoms with van der Waals surface area (Å²) >= 11 is 0. The average Bonchev–Trinajstić information content (AvgIpc) is 2.20. The molecule has 0 spiro atoms. The molecule has 0 aliphatic carbocycles. The van der Waals surface area contributed by atoms with Crippen molar-refractivity contribution in [3.8, 4) is 0 Å². The highest BCUT2D eigenvalue weighted by molar-refractivity contribution is 5.78. The number of hydrogen-bond donors (Lipinski definition) is 1.